The lowest BCUT2D eigenvalue weighted by atomic mass is 10.1. The van der Waals surface area contributed by atoms with E-state index < -0.39 is 28.6 Å². The smallest absolute Gasteiger partial charge is 0.326 e. The Bertz CT molecular complexity index is 554. The highest BCUT2D eigenvalue weighted by atomic mass is 32.2. The third-order valence-corrected chi connectivity index (χ3v) is 3.81. The van der Waals surface area contributed by atoms with Crippen LogP contribution in [-0.2, 0) is 7.05 Å². The van der Waals surface area contributed by atoms with Crippen LogP contribution in [0.3, 0.4) is 0 Å². The van der Waals surface area contributed by atoms with Gasteiger partial charge in [0, 0.05) is 13.1 Å². The Morgan fingerprint density at radius 1 is 1.47 bits per heavy atom. The molecule has 0 aliphatic heterocycles. The first-order chi connectivity index (χ1) is 8.66. The van der Waals surface area contributed by atoms with E-state index in [1.807, 2.05) is 0 Å². The fourth-order valence-electron chi connectivity index (χ4n) is 1.29. The van der Waals surface area contributed by atoms with E-state index in [1.54, 1.807) is 0 Å². The van der Waals surface area contributed by atoms with Gasteiger partial charge in [0.2, 0.25) is 0 Å². The first-order valence-electron chi connectivity index (χ1n) is 5.33. The Kier molecular flexibility index (Phi) is 4.80. The molecule has 19 heavy (non-hydrogen) atoms. The summed E-state index contributed by atoms with van der Waals surface area (Å²) in [6.07, 6.45) is -4.41. The number of aromatic nitrogens is 3. The maximum Gasteiger partial charge on any atom is 0.402 e. The lowest BCUT2D eigenvalue weighted by Crippen LogP contribution is -2.43. The fourth-order valence-corrected chi connectivity index (χ4v) is 2.36. The van der Waals surface area contributed by atoms with Crippen LogP contribution >= 0.6 is 11.8 Å². The molecule has 0 fully saturated rings. The van der Waals surface area contributed by atoms with Gasteiger partial charge in [-0.3, -0.25) is 19.4 Å². The second-order valence-electron chi connectivity index (χ2n) is 3.85. The predicted molar refractivity (Wildman–Crippen MR) is 64.1 cm³/mol. The molecule has 1 heterocycles. The number of nitrogens with two attached hydrogens (primary N) is 1. The summed E-state index contributed by atoms with van der Waals surface area (Å²) in [5.41, 5.74) is 3.32. The lowest BCUT2D eigenvalue weighted by molar-refractivity contribution is -0.132. The molecule has 0 aliphatic rings. The largest absolute Gasteiger partial charge is 0.402 e. The van der Waals surface area contributed by atoms with Crippen LogP contribution in [0.5, 0.6) is 0 Å². The predicted octanol–water partition coefficient (Wildman–Crippen LogP) is 0.229. The van der Waals surface area contributed by atoms with Crippen molar-refractivity contribution in [3.63, 3.8) is 0 Å². The number of rotatable bonds is 4. The zero-order chi connectivity index (χ0) is 14.8. The monoisotopic (exact) mass is 298 g/mol. The molecular formula is C9H13F3N4O2S. The Labute approximate surface area is 110 Å². The van der Waals surface area contributed by atoms with Crippen molar-refractivity contribution in [2.45, 2.75) is 36.0 Å². The molecule has 1 rings (SSSR count). The van der Waals surface area contributed by atoms with E-state index in [-0.39, 0.29) is 11.6 Å². The molecule has 2 unspecified atom stereocenters. The molecular weight excluding hydrogens is 285 g/mol. The summed E-state index contributed by atoms with van der Waals surface area (Å²) >= 11 is 0.310. The van der Waals surface area contributed by atoms with E-state index in [4.69, 9.17) is 5.73 Å². The maximum absolute atomic E-state index is 12.9. The molecule has 108 valence electrons. The fraction of sp³-hybridized carbons (Fsp3) is 0.667. The summed E-state index contributed by atoms with van der Waals surface area (Å²) in [6, 6.07) is -1.13. The molecule has 0 saturated heterocycles. The molecule has 1 aromatic heterocycles. The zero-order valence-electron chi connectivity index (χ0n) is 10.2. The highest BCUT2D eigenvalue weighted by Gasteiger charge is 2.44. The van der Waals surface area contributed by atoms with Crippen molar-refractivity contribution < 1.29 is 13.2 Å². The van der Waals surface area contributed by atoms with Gasteiger partial charge in [-0.15, -0.1) is 0 Å². The van der Waals surface area contributed by atoms with Crippen molar-refractivity contribution >= 4 is 11.8 Å². The number of aryl methyl sites for hydroxylation is 1. The average molecular weight is 298 g/mol. The summed E-state index contributed by atoms with van der Waals surface area (Å²) in [4.78, 5) is 25.3. The molecule has 0 spiro atoms. The SMILES string of the molecule is CCC(N)C(Sc1nc(=O)c(=O)[nH]n1C)C(F)(F)F. The van der Waals surface area contributed by atoms with Crippen LogP contribution < -0.4 is 16.9 Å². The van der Waals surface area contributed by atoms with Gasteiger partial charge in [0.05, 0.1) is 0 Å². The third kappa shape index (κ3) is 3.83. The van der Waals surface area contributed by atoms with Crippen LogP contribution in [0.2, 0.25) is 0 Å². The number of nitrogens with zero attached hydrogens (tertiary/aromatic N) is 2. The normalized spacial score (nSPS) is 15.3. The molecule has 0 aromatic carbocycles. The summed E-state index contributed by atoms with van der Waals surface area (Å²) in [5, 5.41) is -0.0635. The van der Waals surface area contributed by atoms with Crippen LogP contribution in [0.4, 0.5) is 13.2 Å². The number of halogens is 3. The minimum atomic E-state index is -4.53. The number of hydrogen-bond acceptors (Lipinski definition) is 5. The van der Waals surface area contributed by atoms with Gasteiger partial charge in [0.25, 0.3) is 0 Å². The van der Waals surface area contributed by atoms with E-state index in [9.17, 15) is 22.8 Å². The van der Waals surface area contributed by atoms with E-state index in [0.717, 1.165) is 4.68 Å². The van der Waals surface area contributed by atoms with Crippen LogP contribution in [0.25, 0.3) is 0 Å². The van der Waals surface area contributed by atoms with Crippen molar-refractivity contribution in [2.24, 2.45) is 12.8 Å². The highest BCUT2D eigenvalue weighted by Crippen LogP contribution is 2.35. The summed E-state index contributed by atoms with van der Waals surface area (Å²) < 4.78 is 39.6. The van der Waals surface area contributed by atoms with E-state index in [1.165, 1.54) is 14.0 Å². The molecule has 0 radical (unpaired) electrons. The number of H-pyrrole nitrogens is 1. The van der Waals surface area contributed by atoms with Gasteiger partial charge in [0.1, 0.15) is 5.25 Å². The highest BCUT2D eigenvalue weighted by molar-refractivity contribution is 7.99. The number of thioether (sulfide) groups is 1. The quantitative estimate of drug-likeness (QED) is 0.613. The first-order valence-corrected chi connectivity index (χ1v) is 6.21. The summed E-state index contributed by atoms with van der Waals surface area (Å²) in [5.74, 6) is 0. The Hall–Kier alpha value is -1.29. The number of aromatic amines is 1. The lowest BCUT2D eigenvalue weighted by Gasteiger charge is -2.24. The second kappa shape index (κ2) is 5.78. The van der Waals surface area contributed by atoms with Crippen molar-refractivity contribution in [3.8, 4) is 0 Å². The molecule has 0 saturated carbocycles. The van der Waals surface area contributed by atoms with Crippen molar-refractivity contribution in [1.29, 1.82) is 0 Å². The number of hydrogen-bond donors (Lipinski definition) is 2. The molecule has 0 amide bonds. The van der Waals surface area contributed by atoms with Crippen LogP contribution in [0, 0.1) is 0 Å². The van der Waals surface area contributed by atoms with Crippen molar-refractivity contribution in [3.05, 3.63) is 20.7 Å². The average Bonchev–Trinajstić information content (AvgIpc) is 2.29. The van der Waals surface area contributed by atoms with E-state index in [2.05, 4.69) is 10.1 Å². The number of alkyl halides is 3. The number of nitrogens with one attached hydrogen (secondary N) is 1. The minimum Gasteiger partial charge on any atom is -0.326 e. The zero-order valence-corrected chi connectivity index (χ0v) is 11.0. The molecule has 6 nitrogen and oxygen atoms in total. The maximum atomic E-state index is 12.9. The first kappa shape index (κ1) is 15.8. The van der Waals surface area contributed by atoms with Gasteiger partial charge in [-0.2, -0.15) is 18.2 Å². The van der Waals surface area contributed by atoms with Gasteiger partial charge in [-0.05, 0) is 6.42 Å². The van der Waals surface area contributed by atoms with Gasteiger partial charge in [-0.25, -0.2) is 0 Å². The second-order valence-corrected chi connectivity index (χ2v) is 4.96. The molecule has 3 N–H and O–H groups in total. The minimum absolute atomic E-state index is 0.120. The standard InChI is InChI=1S/C9H13F3N4O2S/c1-3-4(13)5(9(10,11)12)19-8-14-6(17)7(18)15-16(8)2/h4-5H,3,13H2,1-2H3,(H,15,18). The molecule has 2 atom stereocenters. The summed E-state index contributed by atoms with van der Waals surface area (Å²) in [7, 11) is 1.29. The van der Waals surface area contributed by atoms with Crippen LogP contribution in [0.1, 0.15) is 13.3 Å². The van der Waals surface area contributed by atoms with E-state index >= 15 is 0 Å². The Balaban J connectivity index is 3.14. The van der Waals surface area contributed by atoms with Gasteiger partial charge < -0.3 is 5.73 Å². The van der Waals surface area contributed by atoms with Gasteiger partial charge in [0.15, 0.2) is 5.16 Å². The molecule has 1 aromatic rings. The van der Waals surface area contributed by atoms with Gasteiger partial charge in [-0.1, -0.05) is 18.7 Å². The van der Waals surface area contributed by atoms with Crippen LogP contribution in [-0.4, -0.2) is 32.2 Å². The topological polar surface area (TPSA) is 93.8 Å². The van der Waals surface area contributed by atoms with Crippen LogP contribution in [0.15, 0.2) is 14.7 Å². The molecule has 0 aliphatic carbocycles. The van der Waals surface area contributed by atoms with Crippen molar-refractivity contribution in [1.82, 2.24) is 14.8 Å². The Morgan fingerprint density at radius 2 is 2.05 bits per heavy atom. The molecule has 0 bridgehead atoms. The van der Waals surface area contributed by atoms with Crippen molar-refractivity contribution in [2.75, 3.05) is 0 Å². The Morgan fingerprint density at radius 3 is 2.53 bits per heavy atom. The van der Waals surface area contributed by atoms with E-state index in [0.29, 0.717) is 11.8 Å². The third-order valence-electron chi connectivity index (χ3n) is 2.36. The summed E-state index contributed by atoms with van der Waals surface area (Å²) in [6.45, 7) is 1.53. The molecule has 10 heteroatoms. The van der Waals surface area contributed by atoms with Gasteiger partial charge >= 0.3 is 17.3 Å².